The lowest BCUT2D eigenvalue weighted by atomic mass is 9.90. The highest BCUT2D eigenvalue weighted by Crippen LogP contribution is 2.20. The third-order valence-corrected chi connectivity index (χ3v) is 3.76. The largest absolute Gasteiger partial charge is 0.382 e. The van der Waals surface area contributed by atoms with Crippen molar-refractivity contribution in [3.63, 3.8) is 0 Å². The van der Waals surface area contributed by atoms with E-state index in [4.69, 9.17) is 4.74 Å². The molecule has 0 aromatic carbocycles. The summed E-state index contributed by atoms with van der Waals surface area (Å²) in [6, 6.07) is 0.672. The Kier molecular flexibility index (Phi) is 7.01. The molecule has 1 aliphatic heterocycles. The predicted octanol–water partition coefficient (Wildman–Crippen LogP) is 1.73. The fourth-order valence-corrected chi connectivity index (χ4v) is 2.45. The van der Waals surface area contributed by atoms with Gasteiger partial charge in [0.15, 0.2) is 0 Å². The van der Waals surface area contributed by atoms with E-state index in [1.807, 2.05) is 0 Å². The Morgan fingerprint density at radius 3 is 2.62 bits per heavy atom. The molecule has 1 fully saturated rings. The number of ether oxygens (including phenoxy) is 1. The first-order valence-corrected chi connectivity index (χ1v) is 6.75. The van der Waals surface area contributed by atoms with Crippen LogP contribution in [0.1, 0.15) is 33.1 Å². The van der Waals surface area contributed by atoms with Crippen LogP contribution in [0.2, 0.25) is 0 Å². The molecule has 0 saturated carbocycles. The van der Waals surface area contributed by atoms with Gasteiger partial charge in [-0.25, -0.2) is 0 Å². The number of nitrogens with zero attached hydrogens (tertiary/aromatic N) is 1. The molecule has 1 N–H and O–H groups in total. The van der Waals surface area contributed by atoms with Gasteiger partial charge in [-0.15, -0.1) is 0 Å². The maximum absolute atomic E-state index is 5.36. The molecule has 1 aliphatic rings. The number of rotatable bonds is 7. The van der Waals surface area contributed by atoms with E-state index in [1.165, 1.54) is 38.9 Å². The van der Waals surface area contributed by atoms with Crippen LogP contribution in [0.4, 0.5) is 0 Å². The van der Waals surface area contributed by atoms with E-state index in [2.05, 4.69) is 31.1 Å². The number of likely N-dealkylation sites (tertiary alicyclic amines) is 1. The molecule has 0 aliphatic carbocycles. The minimum absolute atomic E-state index is 0.672. The van der Waals surface area contributed by atoms with Crippen LogP contribution < -0.4 is 5.32 Å². The topological polar surface area (TPSA) is 24.5 Å². The normalized spacial score (nSPS) is 21.2. The third kappa shape index (κ3) is 4.81. The van der Waals surface area contributed by atoms with E-state index in [0.29, 0.717) is 6.04 Å². The Bertz CT molecular complexity index is 167. The first-order valence-electron chi connectivity index (χ1n) is 6.75. The third-order valence-electron chi connectivity index (χ3n) is 3.76. The summed E-state index contributed by atoms with van der Waals surface area (Å²) in [4.78, 5) is 2.58. The summed E-state index contributed by atoms with van der Waals surface area (Å²) in [7, 11) is 2.07. The monoisotopic (exact) mass is 228 g/mol. The fraction of sp³-hybridized carbons (Fsp3) is 1.00. The summed E-state index contributed by atoms with van der Waals surface area (Å²) < 4.78 is 5.36. The Hall–Kier alpha value is -0.120. The van der Waals surface area contributed by atoms with Gasteiger partial charge in [-0.1, -0.05) is 0 Å². The summed E-state index contributed by atoms with van der Waals surface area (Å²) >= 11 is 0. The van der Waals surface area contributed by atoms with Crippen molar-refractivity contribution < 1.29 is 4.74 Å². The van der Waals surface area contributed by atoms with Gasteiger partial charge in [0.25, 0.3) is 0 Å². The average molecular weight is 228 g/mol. The highest BCUT2D eigenvalue weighted by Gasteiger charge is 2.22. The van der Waals surface area contributed by atoms with Crippen molar-refractivity contribution >= 4 is 0 Å². The van der Waals surface area contributed by atoms with Crippen molar-refractivity contribution in [2.75, 3.05) is 39.9 Å². The molecule has 1 heterocycles. The SMILES string of the molecule is CCOCCCN1CCC(C(C)NC)CC1. The molecular formula is C13H28N2O. The van der Waals surface area contributed by atoms with Gasteiger partial charge in [0.2, 0.25) is 0 Å². The van der Waals surface area contributed by atoms with Gasteiger partial charge in [0, 0.05) is 25.8 Å². The van der Waals surface area contributed by atoms with E-state index in [-0.39, 0.29) is 0 Å². The summed E-state index contributed by atoms with van der Waals surface area (Å²) in [6.07, 6.45) is 3.87. The minimum atomic E-state index is 0.672. The van der Waals surface area contributed by atoms with Gasteiger partial charge in [-0.05, 0) is 59.2 Å². The Labute approximate surface area is 101 Å². The van der Waals surface area contributed by atoms with Gasteiger partial charge < -0.3 is 15.0 Å². The lowest BCUT2D eigenvalue weighted by molar-refractivity contribution is 0.116. The quantitative estimate of drug-likeness (QED) is 0.672. The van der Waals surface area contributed by atoms with Crippen LogP contribution >= 0.6 is 0 Å². The zero-order valence-electron chi connectivity index (χ0n) is 11.2. The molecule has 1 saturated heterocycles. The van der Waals surface area contributed by atoms with Crippen molar-refractivity contribution in [2.24, 2.45) is 5.92 Å². The molecule has 1 atom stereocenters. The number of hydrogen-bond donors (Lipinski definition) is 1. The van der Waals surface area contributed by atoms with E-state index in [1.54, 1.807) is 0 Å². The molecule has 0 aromatic heterocycles. The van der Waals surface area contributed by atoms with E-state index >= 15 is 0 Å². The zero-order chi connectivity index (χ0) is 11.8. The zero-order valence-corrected chi connectivity index (χ0v) is 11.2. The molecule has 16 heavy (non-hydrogen) atoms. The second-order valence-electron chi connectivity index (χ2n) is 4.81. The molecule has 0 spiro atoms. The summed E-state index contributed by atoms with van der Waals surface area (Å²) in [5.74, 6) is 0.869. The van der Waals surface area contributed by atoms with Crippen LogP contribution in [-0.2, 0) is 4.74 Å². The first kappa shape index (κ1) is 13.9. The minimum Gasteiger partial charge on any atom is -0.382 e. The Morgan fingerprint density at radius 1 is 1.38 bits per heavy atom. The maximum Gasteiger partial charge on any atom is 0.0478 e. The van der Waals surface area contributed by atoms with Crippen LogP contribution in [-0.4, -0.2) is 50.8 Å². The van der Waals surface area contributed by atoms with Crippen molar-refractivity contribution in [1.29, 1.82) is 0 Å². The first-order chi connectivity index (χ1) is 7.77. The molecule has 0 aromatic rings. The van der Waals surface area contributed by atoms with Crippen LogP contribution in [0.15, 0.2) is 0 Å². The van der Waals surface area contributed by atoms with E-state index in [0.717, 1.165) is 19.1 Å². The van der Waals surface area contributed by atoms with E-state index < -0.39 is 0 Å². The van der Waals surface area contributed by atoms with Gasteiger partial charge in [-0.3, -0.25) is 0 Å². The Balaban J connectivity index is 2.07. The molecule has 3 heteroatoms. The Morgan fingerprint density at radius 2 is 2.06 bits per heavy atom. The molecule has 0 amide bonds. The van der Waals surface area contributed by atoms with Crippen molar-refractivity contribution in [3.05, 3.63) is 0 Å². The van der Waals surface area contributed by atoms with Crippen LogP contribution in [0.25, 0.3) is 0 Å². The molecule has 0 bridgehead atoms. The van der Waals surface area contributed by atoms with Gasteiger partial charge in [0.1, 0.15) is 0 Å². The summed E-state index contributed by atoms with van der Waals surface area (Å²) in [6.45, 7) is 9.87. The average Bonchev–Trinajstić information content (AvgIpc) is 2.34. The number of piperidine rings is 1. The lowest BCUT2D eigenvalue weighted by Gasteiger charge is -2.34. The van der Waals surface area contributed by atoms with Gasteiger partial charge >= 0.3 is 0 Å². The van der Waals surface area contributed by atoms with Crippen LogP contribution in [0.5, 0.6) is 0 Å². The summed E-state index contributed by atoms with van der Waals surface area (Å²) in [5.41, 5.74) is 0. The second kappa shape index (κ2) is 8.04. The predicted molar refractivity (Wildman–Crippen MR) is 68.8 cm³/mol. The number of nitrogens with one attached hydrogen (secondary N) is 1. The molecular weight excluding hydrogens is 200 g/mol. The molecule has 1 rings (SSSR count). The molecule has 3 nitrogen and oxygen atoms in total. The van der Waals surface area contributed by atoms with Gasteiger partial charge in [0.05, 0.1) is 0 Å². The molecule has 1 unspecified atom stereocenters. The van der Waals surface area contributed by atoms with Crippen LogP contribution in [0.3, 0.4) is 0 Å². The highest BCUT2D eigenvalue weighted by molar-refractivity contribution is 4.78. The maximum atomic E-state index is 5.36. The van der Waals surface area contributed by atoms with E-state index in [9.17, 15) is 0 Å². The van der Waals surface area contributed by atoms with Crippen molar-refractivity contribution in [3.8, 4) is 0 Å². The highest BCUT2D eigenvalue weighted by atomic mass is 16.5. The lowest BCUT2D eigenvalue weighted by Crippen LogP contribution is -2.41. The van der Waals surface area contributed by atoms with Crippen molar-refractivity contribution in [2.45, 2.75) is 39.2 Å². The molecule has 96 valence electrons. The smallest absolute Gasteiger partial charge is 0.0478 e. The van der Waals surface area contributed by atoms with Crippen LogP contribution in [0, 0.1) is 5.92 Å². The number of hydrogen-bond acceptors (Lipinski definition) is 3. The summed E-state index contributed by atoms with van der Waals surface area (Å²) in [5, 5.41) is 3.37. The second-order valence-corrected chi connectivity index (χ2v) is 4.81. The van der Waals surface area contributed by atoms with Crippen molar-refractivity contribution in [1.82, 2.24) is 10.2 Å². The van der Waals surface area contributed by atoms with Gasteiger partial charge in [-0.2, -0.15) is 0 Å². The molecule has 0 radical (unpaired) electrons. The fourth-order valence-electron chi connectivity index (χ4n) is 2.45. The standard InChI is InChI=1S/C13H28N2O/c1-4-16-11-5-8-15-9-6-13(7-10-15)12(2)14-3/h12-14H,4-11H2,1-3H3.